The molecule has 7 heteroatoms. The van der Waals surface area contributed by atoms with Crippen molar-refractivity contribution in [1.29, 1.82) is 0 Å². The number of nitrogens with one attached hydrogen (secondary N) is 2. The molecule has 194 valence electrons. The lowest BCUT2D eigenvalue weighted by Gasteiger charge is -2.29. The lowest BCUT2D eigenvalue weighted by molar-refractivity contribution is -0.160. The van der Waals surface area contributed by atoms with Crippen LogP contribution in [0.5, 0.6) is 0 Å². The number of fused-ring (bicyclic) bond motifs is 3. The molecule has 0 saturated heterocycles. The normalized spacial score (nSPS) is 14.6. The maximum atomic E-state index is 13.1. The first-order chi connectivity index (χ1) is 16.9. The van der Waals surface area contributed by atoms with E-state index in [0.29, 0.717) is 0 Å². The lowest BCUT2D eigenvalue weighted by atomic mass is 9.98. The zero-order valence-electron chi connectivity index (χ0n) is 22.3. The van der Waals surface area contributed by atoms with Crippen LogP contribution in [0.15, 0.2) is 48.5 Å². The van der Waals surface area contributed by atoms with E-state index in [2.05, 4.69) is 22.8 Å². The van der Waals surface area contributed by atoms with E-state index in [1.165, 1.54) is 0 Å². The summed E-state index contributed by atoms with van der Waals surface area (Å²) in [5, 5.41) is 5.46. The fourth-order valence-corrected chi connectivity index (χ4v) is 4.41. The van der Waals surface area contributed by atoms with Crippen molar-refractivity contribution in [1.82, 2.24) is 10.6 Å². The van der Waals surface area contributed by atoms with Gasteiger partial charge in [0.1, 0.15) is 24.3 Å². The Morgan fingerprint density at radius 1 is 0.806 bits per heavy atom. The number of amides is 2. The summed E-state index contributed by atoms with van der Waals surface area (Å²) >= 11 is 0. The van der Waals surface area contributed by atoms with E-state index < -0.39 is 35.7 Å². The van der Waals surface area contributed by atoms with E-state index in [1.54, 1.807) is 20.8 Å². The molecule has 3 rings (SSSR count). The molecule has 2 aromatic carbocycles. The fourth-order valence-electron chi connectivity index (χ4n) is 4.41. The zero-order chi connectivity index (χ0) is 26.6. The van der Waals surface area contributed by atoms with Gasteiger partial charge < -0.3 is 20.1 Å². The number of ether oxygens (including phenoxy) is 2. The molecule has 0 spiro atoms. The van der Waals surface area contributed by atoms with Gasteiger partial charge in [0.25, 0.3) is 0 Å². The predicted octanol–water partition coefficient (Wildman–Crippen LogP) is 5.03. The van der Waals surface area contributed by atoms with Crippen molar-refractivity contribution in [2.75, 3.05) is 6.61 Å². The van der Waals surface area contributed by atoms with Crippen LogP contribution in [-0.4, -0.2) is 42.3 Å². The van der Waals surface area contributed by atoms with E-state index in [1.807, 2.05) is 64.1 Å². The summed E-state index contributed by atoms with van der Waals surface area (Å²) in [6.45, 7) is 12.8. The Bertz CT molecular complexity index is 1060. The Balaban J connectivity index is 1.66. The van der Waals surface area contributed by atoms with Gasteiger partial charge in [-0.15, -0.1) is 0 Å². The van der Waals surface area contributed by atoms with Gasteiger partial charge in [-0.2, -0.15) is 0 Å². The van der Waals surface area contributed by atoms with Crippen LogP contribution >= 0.6 is 0 Å². The molecule has 0 aliphatic heterocycles. The van der Waals surface area contributed by atoms with E-state index >= 15 is 0 Å². The summed E-state index contributed by atoms with van der Waals surface area (Å²) in [6.07, 6.45) is -0.677. The van der Waals surface area contributed by atoms with Crippen LogP contribution in [0.4, 0.5) is 4.79 Å². The van der Waals surface area contributed by atoms with Gasteiger partial charge in [0.05, 0.1) is 0 Å². The molecule has 2 aromatic rings. The minimum Gasteiger partial charge on any atom is -0.458 e. The van der Waals surface area contributed by atoms with Gasteiger partial charge in [-0.25, -0.2) is 9.59 Å². The van der Waals surface area contributed by atoms with Gasteiger partial charge in [0.15, 0.2) is 0 Å². The van der Waals surface area contributed by atoms with Gasteiger partial charge in [-0.3, -0.25) is 4.79 Å². The highest BCUT2D eigenvalue weighted by Gasteiger charge is 2.34. The number of esters is 1. The maximum absolute atomic E-state index is 13.1. The van der Waals surface area contributed by atoms with Crippen LogP contribution in [0.25, 0.3) is 11.1 Å². The Morgan fingerprint density at radius 2 is 1.31 bits per heavy atom. The van der Waals surface area contributed by atoms with Crippen LogP contribution in [-0.2, 0) is 19.1 Å². The minimum atomic E-state index is -0.871. The third kappa shape index (κ3) is 6.45. The highest BCUT2D eigenvalue weighted by atomic mass is 16.6. The maximum Gasteiger partial charge on any atom is 0.407 e. The molecule has 2 amide bonds. The summed E-state index contributed by atoms with van der Waals surface area (Å²) in [5.41, 5.74) is 3.83. The summed E-state index contributed by atoms with van der Waals surface area (Å²) in [6, 6.07) is 14.5. The topological polar surface area (TPSA) is 93.7 Å². The Morgan fingerprint density at radius 3 is 1.78 bits per heavy atom. The number of alkyl carbamates (subject to hydrolysis) is 1. The molecule has 0 aromatic heterocycles. The Labute approximate surface area is 213 Å². The van der Waals surface area contributed by atoms with Gasteiger partial charge >= 0.3 is 12.1 Å². The van der Waals surface area contributed by atoms with Gasteiger partial charge in [-0.1, -0.05) is 76.2 Å². The van der Waals surface area contributed by atoms with E-state index in [0.717, 1.165) is 22.3 Å². The van der Waals surface area contributed by atoms with Gasteiger partial charge in [0.2, 0.25) is 5.91 Å². The van der Waals surface area contributed by atoms with Crippen LogP contribution < -0.4 is 10.6 Å². The van der Waals surface area contributed by atoms with Gasteiger partial charge in [0, 0.05) is 5.92 Å². The average Bonchev–Trinajstić information content (AvgIpc) is 3.11. The van der Waals surface area contributed by atoms with Crippen molar-refractivity contribution < 1.29 is 23.9 Å². The van der Waals surface area contributed by atoms with Crippen molar-refractivity contribution in [3.63, 3.8) is 0 Å². The molecule has 0 radical (unpaired) electrons. The molecule has 1 aliphatic carbocycles. The second kappa shape index (κ2) is 11.1. The minimum absolute atomic E-state index is 0.0769. The third-order valence-electron chi connectivity index (χ3n) is 6.19. The molecular weight excluding hydrogens is 456 g/mol. The van der Waals surface area contributed by atoms with Crippen LogP contribution in [0.2, 0.25) is 0 Å². The summed E-state index contributed by atoms with van der Waals surface area (Å²) < 4.78 is 11.1. The molecule has 7 nitrogen and oxygen atoms in total. The van der Waals surface area contributed by atoms with Crippen molar-refractivity contribution in [2.24, 2.45) is 11.8 Å². The largest absolute Gasteiger partial charge is 0.458 e. The smallest absolute Gasteiger partial charge is 0.407 e. The molecule has 0 fully saturated rings. The number of hydrogen-bond acceptors (Lipinski definition) is 5. The Kier molecular flexibility index (Phi) is 8.43. The molecule has 0 saturated carbocycles. The van der Waals surface area contributed by atoms with Crippen LogP contribution in [0.1, 0.15) is 65.5 Å². The summed E-state index contributed by atoms with van der Waals surface area (Å²) in [5.74, 6) is -1.45. The molecule has 0 unspecified atom stereocenters. The number of rotatable bonds is 8. The van der Waals surface area contributed by atoms with Gasteiger partial charge in [-0.05, 0) is 54.9 Å². The number of carbonyl (C=O) groups is 3. The van der Waals surface area contributed by atoms with Crippen molar-refractivity contribution in [3.8, 4) is 11.1 Å². The van der Waals surface area contributed by atoms with Crippen molar-refractivity contribution in [2.45, 2.75) is 72.1 Å². The fraction of sp³-hybridized carbons (Fsp3) is 0.483. The second-order valence-electron chi connectivity index (χ2n) is 11.0. The number of carbonyl (C=O) groups excluding carboxylic acids is 3. The highest BCUT2D eigenvalue weighted by molar-refractivity contribution is 5.90. The summed E-state index contributed by atoms with van der Waals surface area (Å²) in [7, 11) is 0. The van der Waals surface area contributed by atoms with Crippen LogP contribution in [0.3, 0.4) is 0 Å². The summed E-state index contributed by atoms with van der Waals surface area (Å²) in [4.78, 5) is 38.5. The highest BCUT2D eigenvalue weighted by Crippen LogP contribution is 2.44. The standard InChI is InChI=1S/C29H38N2O5/c1-17(2)24(26(32)30-25(18(3)4)27(33)36-29(5,6)7)31-28(34)35-16-23-21-14-10-8-12-19(21)20-13-9-11-15-22(20)23/h8-15,17-18,23-25H,16H2,1-7H3,(H,30,32)(H,31,34)/t24-,25-/m0/s1. The first-order valence-corrected chi connectivity index (χ1v) is 12.5. The third-order valence-corrected chi connectivity index (χ3v) is 6.19. The lowest BCUT2D eigenvalue weighted by Crippen LogP contribution is -2.55. The number of benzene rings is 2. The monoisotopic (exact) mass is 494 g/mol. The molecule has 0 bridgehead atoms. The second-order valence-corrected chi connectivity index (χ2v) is 11.0. The zero-order valence-corrected chi connectivity index (χ0v) is 22.3. The number of hydrogen-bond donors (Lipinski definition) is 2. The van der Waals surface area contributed by atoms with E-state index in [9.17, 15) is 14.4 Å². The van der Waals surface area contributed by atoms with Crippen LogP contribution in [0, 0.1) is 11.8 Å². The van der Waals surface area contributed by atoms with E-state index in [-0.39, 0.29) is 24.4 Å². The van der Waals surface area contributed by atoms with E-state index in [4.69, 9.17) is 9.47 Å². The first-order valence-electron chi connectivity index (χ1n) is 12.5. The van der Waals surface area contributed by atoms with Crippen molar-refractivity contribution >= 4 is 18.0 Å². The molecule has 2 atom stereocenters. The molecule has 2 N–H and O–H groups in total. The quantitative estimate of drug-likeness (QED) is 0.502. The SMILES string of the molecule is CC(C)[C@H](NC(=O)OCC1c2ccccc2-c2ccccc21)C(=O)N[C@H](C(=O)OC(C)(C)C)C(C)C. The Hall–Kier alpha value is -3.35. The average molecular weight is 495 g/mol. The molecule has 1 aliphatic rings. The van der Waals surface area contributed by atoms with Crippen molar-refractivity contribution in [3.05, 3.63) is 59.7 Å². The predicted molar refractivity (Wildman–Crippen MR) is 139 cm³/mol. The first kappa shape index (κ1) is 27.2. The molecular formula is C29H38N2O5. The molecule has 36 heavy (non-hydrogen) atoms. The molecule has 0 heterocycles.